The molecule has 1 aliphatic rings. The van der Waals surface area contributed by atoms with Gasteiger partial charge >= 0.3 is 18.2 Å². The summed E-state index contributed by atoms with van der Waals surface area (Å²) < 4.78 is 79.0. The molecule has 17 heteroatoms. The first-order valence-corrected chi connectivity index (χ1v) is 13.2. The maximum atomic E-state index is 13.7. The highest BCUT2D eigenvalue weighted by atomic mass is 35.5. The summed E-state index contributed by atoms with van der Waals surface area (Å²) >= 11 is 6.09. The number of aliphatic carboxylic acids is 1. The lowest BCUT2D eigenvalue weighted by atomic mass is 9.98. The highest BCUT2D eigenvalue weighted by Gasteiger charge is 2.51. The molecule has 0 saturated carbocycles. The molecule has 3 rings (SSSR count). The first-order valence-electron chi connectivity index (χ1n) is 11.4. The Morgan fingerprint density at radius 1 is 1.28 bits per heavy atom. The van der Waals surface area contributed by atoms with Gasteiger partial charge in [-0.3, -0.25) is 14.3 Å². The van der Waals surface area contributed by atoms with Crippen LogP contribution in [0.1, 0.15) is 34.1 Å². The van der Waals surface area contributed by atoms with E-state index in [9.17, 15) is 41.4 Å². The van der Waals surface area contributed by atoms with E-state index in [0.29, 0.717) is 20.4 Å². The van der Waals surface area contributed by atoms with E-state index in [2.05, 4.69) is 15.2 Å². The summed E-state index contributed by atoms with van der Waals surface area (Å²) in [6.45, 7) is 3.86. The number of carboxylic acids is 1. The van der Waals surface area contributed by atoms with E-state index >= 15 is 0 Å². The zero-order valence-electron chi connectivity index (χ0n) is 21.1. The van der Waals surface area contributed by atoms with Crippen LogP contribution in [0.4, 0.5) is 29.3 Å². The topological polar surface area (TPSA) is 160 Å². The maximum Gasteiger partial charge on any atom is 0.427 e. The number of sulfonamides is 1. The number of anilines is 2. The third kappa shape index (κ3) is 6.33. The van der Waals surface area contributed by atoms with Crippen LogP contribution in [0, 0.1) is 0 Å². The van der Waals surface area contributed by atoms with E-state index in [1.807, 2.05) is 0 Å². The fraction of sp³-hybridized carbons (Fsp3) is 0.500. The van der Waals surface area contributed by atoms with Gasteiger partial charge in [0.15, 0.2) is 10.8 Å². The Kier molecular flexibility index (Phi) is 8.07. The Morgan fingerprint density at radius 3 is 2.46 bits per heavy atom. The number of nitrogens with one attached hydrogen (secondary N) is 1. The predicted octanol–water partition coefficient (Wildman–Crippen LogP) is 3.63. The van der Waals surface area contributed by atoms with Crippen molar-refractivity contribution in [3.8, 4) is 5.75 Å². The number of nitrogens with zero attached hydrogens (tertiary/aromatic N) is 3. The average Bonchev–Trinajstić information content (AvgIpc) is 3.18. The molecule has 2 atom stereocenters. The summed E-state index contributed by atoms with van der Waals surface area (Å²) in [5, 5.41) is 25.2. The number of aromatic nitrogens is 2. The number of hydrogen-bond donors (Lipinski definition) is 3. The van der Waals surface area contributed by atoms with Crippen LogP contribution in [0.2, 0.25) is 5.15 Å². The molecule has 2 heterocycles. The molecule has 0 unspecified atom stereocenters. The second kappa shape index (κ2) is 10.4. The third-order valence-corrected chi connectivity index (χ3v) is 8.00. The van der Waals surface area contributed by atoms with Gasteiger partial charge in [-0.15, -0.1) is 0 Å². The first kappa shape index (κ1) is 30.3. The Bertz CT molecular complexity index is 1380. The number of fused-ring (bicyclic) bond motifs is 1. The van der Waals surface area contributed by atoms with Crippen LogP contribution in [0.25, 0.3) is 0 Å². The zero-order valence-corrected chi connectivity index (χ0v) is 22.7. The fourth-order valence-corrected chi connectivity index (χ4v) is 5.47. The minimum Gasteiger partial charge on any atom is -0.486 e. The van der Waals surface area contributed by atoms with Crippen molar-refractivity contribution in [3.05, 3.63) is 29.5 Å². The summed E-state index contributed by atoms with van der Waals surface area (Å²) in [5.74, 6) is -1.64. The zero-order chi connectivity index (χ0) is 29.6. The van der Waals surface area contributed by atoms with Crippen LogP contribution >= 0.6 is 11.6 Å². The van der Waals surface area contributed by atoms with Crippen LogP contribution in [0.3, 0.4) is 0 Å². The van der Waals surface area contributed by atoms with Gasteiger partial charge < -0.3 is 19.7 Å². The number of rotatable bonds is 8. The molecule has 0 fully saturated rings. The molecule has 12 nitrogen and oxygen atoms in total. The molecule has 0 aliphatic carbocycles. The van der Waals surface area contributed by atoms with Crippen molar-refractivity contribution in [3.63, 3.8) is 0 Å². The van der Waals surface area contributed by atoms with E-state index < -0.39 is 58.5 Å². The van der Waals surface area contributed by atoms with Crippen LogP contribution in [0.5, 0.6) is 5.75 Å². The lowest BCUT2D eigenvalue weighted by molar-refractivity contribution is -0.242. The summed E-state index contributed by atoms with van der Waals surface area (Å²) in [4.78, 5) is 23.2. The molecular weight excluding hydrogens is 573 g/mol. The number of carboxylic acid groups (broad SMARTS) is 1. The van der Waals surface area contributed by atoms with Gasteiger partial charge in [-0.2, -0.15) is 18.3 Å². The van der Waals surface area contributed by atoms with E-state index in [-0.39, 0.29) is 27.2 Å². The molecule has 0 bridgehead atoms. The van der Waals surface area contributed by atoms with Crippen molar-refractivity contribution in [2.75, 3.05) is 16.2 Å². The van der Waals surface area contributed by atoms with E-state index in [1.165, 1.54) is 23.0 Å². The highest BCUT2D eigenvalue weighted by Crippen LogP contribution is 2.41. The number of carbonyl (C=O) groups is 2. The standard InChI is InChI=1S/C22H26ClF3N4O8S/c1-5-29-11-16(17(23)28-29)39(35,36)30-10-13(9-21(4,34)18(31)32)37-15-7-6-12(8-14(15)30)27-19(33)38-20(2,3)22(24,25)26/h6-8,11,13,34H,5,9-10H2,1-4H3,(H,27,33)(H,31,32)/t13-,21+/m0/s1. The Hall–Kier alpha value is -3.24. The molecule has 1 aromatic carbocycles. The highest BCUT2D eigenvalue weighted by molar-refractivity contribution is 7.93. The smallest absolute Gasteiger partial charge is 0.427 e. The molecule has 1 aromatic heterocycles. The van der Waals surface area contributed by atoms with Gasteiger partial charge in [0.1, 0.15) is 16.7 Å². The molecule has 216 valence electrons. The van der Waals surface area contributed by atoms with Crippen molar-refractivity contribution in [2.24, 2.45) is 0 Å². The predicted molar refractivity (Wildman–Crippen MR) is 131 cm³/mol. The number of carbonyl (C=O) groups excluding carboxylic acids is 1. The minimum absolute atomic E-state index is 0.0791. The second-order valence-electron chi connectivity index (χ2n) is 9.40. The third-order valence-electron chi connectivity index (χ3n) is 5.83. The SMILES string of the molecule is CCn1cc(S(=O)(=O)N2C[C@H](C[C@@](C)(O)C(=O)O)Oc3ccc(NC(=O)OC(C)(C)C(F)(F)F)cc32)c(Cl)n1. The maximum absolute atomic E-state index is 13.7. The van der Waals surface area contributed by atoms with Gasteiger partial charge in [-0.25, -0.2) is 18.0 Å². The molecular formula is C22H26ClF3N4O8S. The Balaban J connectivity index is 2.02. The van der Waals surface area contributed by atoms with Gasteiger partial charge in [0.05, 0.1) is 12.2 Å². The molecule has 2 aromatic rings. The first-order chi connectivity index (χ1) is 17.8. The quantitative estimate of drug-likeness (QED) is 0.412. The van der Waals surface area contributed by atoms with Gasteiger partial charge in [0.2, 0.25) is 5.60 Å². The Morgan fingerprint density at radius 2 is 1.92 bits per heavy atom. The second-order valence-corrected chi connectivity index (χ2v) is 11.6. The van der Waals surface area contributed by atoms with Crippen LogP contribution < -0.4 is 14.4 Å². The normalized spacial score (nSPS) is 17.6. The van der Waals surface area contributed by atoms with Crippen molar-refractivity contribution >= 4 is 45.1 Å². The van der Waals surface area contributed by atoms with Crippen LogP contribution in [0.15, 0.2) is 29.3 Å². The minimum atomic E-state index is -4.85. The molecule has 39 heavy (non-hydrogen) atoms. The van der Waals surface area contributed by atoms with Gasteiger partial charge in [-0.1, -0.05) is 11.6 Å². The lowest BCUT2D eigenvalue weighted by Gasteiger charge is -2.37. The van der Waals surface area contributed by atoms with E-state index in [0.717, 1.165) is 17.3 Å². The molecule has 0 spiro atoms. The van der Waals surface area contributed by atoms with E-state index in [4.69, 9.17) is 16.3 Å². The van der Waals surface area contributed by atoms with Crippen molar-refractivity contribution in [1.82, 2.24) is 9.78 Å². The van der Waals surface area contributed by atoms with Gasteiger partial charge in [0.25, 0.3) is 10.0 Å². The summed E-state index contributed by atoms with van der Waals surface area (Å²) in [6, 6.07) is 3.56. The van der Waals surface area contributed by atoms with Crippen LogP contribution in [-0.2, 0) is 26.1 Å². The average molecular weight is 599 g/mol. The molecule has 0 saturated heterocycles. The number of halogens is 4. The van der Waals surface area contributed by atoms with Crippen molar-refractivity contribution in [2.45, 2.75) is 69.0 Å². The molecule has 3 N–H and O–H groups in total. The number of hydrogen-bond acceptors (Lipinski definition) is 8. The monoisotopic (exact) mass is 598 g/mol. The van der Waals surface area contributed by atoms with Crippen molar-refractivity contribution in [1.29, 1.82) is 0 Å². The van der Waals surface area contributed by atoms with Crippen molar-refractivity contribution < 1.29 is 50.9 Å². The van der Waals surface area contributed by atoms with Crippen LogP contribution in [-0.4, -0.2) is 70.5 Å². The number of alkyl halides is 3. The summed E-state index contributed by atoms with van der Waals surface area (Å²) in [5.41, 5.74) is -5.35. The molecule has 1 aliphatic heterocycles. The largest absolute Gasteiger partial charge is 0.486 e. The number of aliphatic hydroxyl groups is 1. The van der Waals surface area contributed by atoms with Gasteiger partial charge in [-0.05, 0) is 45.9 Å². The van der Waals surface area contributed by atoms with E-state index in [1.54, 1.807) is 6.92 Å². The Labute approximate surface area is 226 Å². The molecule has 1 amide bonds. The number of aryl methyl sites for hydroxylation is 1. The lowest BCUT2D eigenvalue weighted by Crippen LogP contribution is -2.48. The van der Waals surface area contributed by atoms with Gasteiger partial charge in [0, 0.05) is 24.8 Å². The molecule has 0 radical (unpaired) electrons. The summed E-state index contributed by atoms with van der Waals surface area (Å²) in [6.07, 6.45) is -6.77. The number of benzene rings is 1. The number of ether oxygens (including phenoxy) is 2. The number of amides is 1. The summed E-state index contributed by atoms with van der Waals surface area (Å²) in [7, 11) is -4.48. The fourth-order valence-electron chi connectivity index (χ4n) is 3.52.